The summed E-state index contributed by atoms with van der Waals surface area (Å²) in [7, 11) is 1.62. The maximum atomic E-state index is 13.1. The molecule has 5 nitrogen and oxygen atoms in total. The first-order valence-electron chi connectivity index (χ1n) is 10.1. The lowest BCUT2D eigenvalue weighted by atomic mass is 10.1. The molecule has 1 N–H and O–H groups in total. The minimum absolute atomic E-state index is 0.0236. The van der Waals surface area contributed by atoms with Gasteiger partial charge in [-0.2, -0.15) is 0 Å². The average Bonchev–Trinajstić information content (AvgIpc) is 2.70. The lowest BCUT2D eigenvalue weighted by molar-refractivity contribution is -0.140. The van der Waals surface area contributed by atoms with Gasteiger partial charge in [0.1, 0.15) is 11.8 Å². The third kappa shape index (κ3) is 6.93. The second-order valence-electron chi connectivity index (χ2n) is 7.69. The topological polar surface area (TPSA) is 58.6 Å². The van der Waals surface area contributed by atoms with Gasteiger partial charge in [-0.1, -0.05) is 42.0 Å². The Bertz CT molecular complexity index is 798. The molecule has 0 aliphatic rings. The van der Waals surface area contributed by atoms with Crippen LogP contribution in [0, 0.1) is 6.92 Å². The molecule has 2 amide bonds. The predicted octanol–water partition coefficient (Wildman–Crippen LogP) is 3.88. The lowest BCUT2D eigenvalue weighted by Gasteiger charge is -2.29. The number of benzene rings is 2. The molecule has 0 radical (unpaired) electrons. The molecular weight excluding hydrogens is 364 g/mol. The summed E-state index contributed by atoms with van der Waals surface area (Å²) in [5, 5.41) is 2.91. The van der Waals surface area contributed by atoms with E-state index in [1.165, 1.54) is 5.56 Å². The van der Waals surface area contributed by atoms with Crippen LogP contribution in [-0.2, 0) is 22.6 Å². The number of nitrogens with one attached hydrogen (secondary N) is 1. The number of amides is 2. The zero-order valence-corrected chi connectivity index (χ0v) is 18.1. The summed E-state index contributed by atoms with van der Waals surface area (Å²) >= 11 is 0. The Morgan fingerprint density at radius 3 is 2.10 bits per heavy atom. The first-order valence-corrected chi connectivity index (χ1v) is 10.1. The van der Waals surface area contributed by atoms with Gasteiger partial charge in [0.15, 0.2) is 0 Å². The number of rotatable bonds is 9. The van der Waals surface area contributed by atoms with Crippen LogP contribution in [0.15, 0.2) is 48.5 Å². The highest BCUT2D eigenvalue weighted by molar-refractivity contribution is 5.87. The van der Waals surface area contributed by atoms with Crippen LogP contribution >= 0.6 is 0 Å². The van der Waals surface area contributed by atoms with E-state index in [4.69, 9.17) is 4.74 Å². The van der Waals surface area contributed by atoms with E-state index in [1.807, 2.05) is 69.3 Å². The molecule has 0 bridgehead atoms. The van der Waals surface area contributed by atoms with Gasteiger partial charge in [-0.3, -0.25) is 9.59 Å². The Balaban J connectivity index is 2.13. The molecule has 0 spiro atoms. The fraction of sp³-hybridized carbons (Fsp3) is 0.417. The van der Waals surface area contributed by atoms with Crippen LogP contribution in [0.1, 0.15) is 43.9 Å². The number of carbonyl (C=O) groups is 2. The molecule has 0 saturated heterocycles. The highest BCUT2D eigenvalue weighted by Crippen LogP contribution is 2.16. The fourth-order valence-electron chi connectivity index (χ4n) is 3.07. The molecule has 0 fully saturated rings. The molecule has 0 saturated carbocycles. The van der Waals surface area contributed by atoms with Crippen molar-refractivity contribution in [2.24, 2.45) is 0 Å². The molecule has 5 heteroatoms. The van der Waals surface area contributed by atoms with Crippen LogP contribution in [0.25, 0.3) is 0 Å². The van der Waals surface area contributed by atoms with E-state index in [0.29, 0.717) is 19.4 Å². The molecule has 1 atom stereocenters. The zero-order chi connectivity index (χ0) is 21.4. The van der Waals surface area contributed by atoms with Crippen LogP contribution < -0.4 is 10.1 Å². The first kappa shape index (κ1) is 22.5. The molecule has 2 rings (SSSR count). The molecule has 0 unspecified atom stereocenters. The van der Waals surface area contributed by atoms with Crippen molar-refractivity contribution in [2.75, 3.05) is 7.11 Å². The van der Waals surface area contributed by atoms with E-state index in [1.54, 1.807) is 18.9 Å². The highest BCUT2D eigenvalue weighted by atomic mass is 16.5. The molecule has 2 aromatic carbocycles. The van der Waals surface area contributed by atoms with Gasteiger partial charge in [-0.15, -0.1) is 0 Å². The van der Waals surface area contributed by atoms with Gasteiger partial charge in [0, 0.05) is 19.0 Å². The quantitative estimate of drug-likeness (QED) is 0.700. The van der Waals surface area contributed by atoms with E-state index >= 15 is 0 Å². The molecule has 156 valence electrons. The van der Waals surface area contributed by atoms with Gasteiger partial charge < -0.3 is 15.0 Å². The van der Waals surface area contributed by atoms with E-state index in [2.05, 4.69) is 5.32 Å². The Kier molecular flexibility index (Phi) is 8.25. The maximum absolute atomic E-state index is 13.1. The van der Waals surface area contributed by atoms with E-state index < -0.39 is 6.04 Å². The zero-order valence-electron chi connectivity index (χ0n) is 18.1. The van der Waals surface area contributed by atoms with Gasteiger partial charge in [0.2, 0.25) is 11.8 Å². The molecule has 29 heavy (non-hydrogen) atoms. The number of hydrogen-bond acceptors (Lipinski definition) is 3. The monoisotopic (exact) mass is 396 g/mol. The number of carbonyl (C=O) groups excluding carboxylic acids is 2. The van der Waals surface area contributed by atoms with Crippen molar-refractivity contribution in [1.82, 2.24) is 10.2 Å². The smallest absolute Gasteiger partial charge is 0.242 e. The van der Waals surface area contributed by atoms with Crippen molar-refractivity contribution in [1.29, 1.82) is 0 Å². The SMILES string of the molecule is COc1ccc(CN(C(=O)CCc2ccc(C)cc2)[C@H](C)C(=O)NC(C)C)cc1. The highest BCUT2D eigenvalue weighted by Gasteiger charge is 2.26. The minimum atomic E-state index is -0.551. The molecule has 0 aromatic heterocycles. The van der Waals surface area contributed by atoms with E-state index in [0.717, 1.165) is 16.9 Å². The van der Waals surface area contributed by atoms with Gasteiger partial charge in [0.05, 0.1) is 7.11 Å². The fourth-order valence-corrected chi connectivity index (χ4v) is 3.07. The normalized spacial score (nSPS) is 11.8. The van der Waals surface area contributed by atoms with Gasteiger partial charge in [0.25, 0.3) is 0 Å². The van der Waals surface area contributed by atoms with Crippen molar-refractivity contribution < 1.29 is 14.3 Å². The minimum Gasteiger partial charge on any atom is -0.497 e. The van der Waals surface area contributed by atoms with Gasteiger partial charge in [-0.05, 0) is 57.4 Å². The number of ether oxygens (including phenoxy) is 1. The van der Waals surface area contributed by atoms with E-state index in [-0.39, 0.29) is 17.9 Å². The molecule has 0 heterocycles. The summed E-state index contributed by atoms with van der Waals surface area (Å²) in [5.74, 6) is 0.585. The van der Waals surface area contributed by atoms with Crippen molar-refractivity contribution in [3.05, 3.63) is 65.2 Å². The Labute approximate surface area is 174 Å². The summed E-state index contributed by atoms with van der Waals surface area (Å²) in [4.78, 5) is 27.3. The van der Waals surface area contributed by atoms with Crippen LogP contribution in [0.4, 0.5) is 0 Å². The summed E-state index contributed by atoms with van der Waals surface area (Å²) in [6, 6.07) is 15.2. The van der Waals surface area contributed by atoms with Crippen LogP contribution in [-0.4, -0.2) is 35.9 Å². The van der Waals surface area contributed by atoms with Crippen LogP contribution in [0.5, 0.6) is 5.75 Å². The maximum Gasteiger partial charge on any atom is 0.242 e. The van der Waals surface area contributed by atoms with Crippen molar-refractivity contribution in [3.63, 3.8) is 0 Å². The molecule has 0 aliphatic carbocycles. The predicted molar refractivity (Wildman–Crippen MR) is 116 cm³/mol. The molecular formula is C24H32N2O3. The summed E-state index contributed by atoms with van der Waals surface area (Å²) in [6.45, 7) is 8.03. The number of hydrogen-bond donors (Lipinski definition) is 1. The summed E-state index contributed by atoms with van der Waals surface area (Å²) in [5.41, 5.74) is 3.27. The Morgan fingerprint density at radius 1 is 0.966 bits per heavy atom. The largest absolute Gasteiger partial charge is 0.497 e. The average molecular weight is 397 g/mol. The van der Waals surface area contributed by atoms with Crippen molar-refractivity contribution in [2.45, 2.75) is 59.2 Å². The third-order valence-corrected chi connectivity index (χ3v) is 4.86. The molecule has 2 aromatic rings. The van der Waals surface area contributed by atoms with Gasteiger partial charge >= 0.3 is 0 Å². The van der Waals surface area contributed by atoms with Crippen LogP contribution in [0.3, 0.4) is 0 Å². The third-order valence-electron chi connectivity index (χ3n) is 4.86. The Morgan fingerprint density at radius 2 is 1.55 bits per heavy atom. The second-order valence-corrected chi connectivity index (χ2v) is 7.69. The first-order chi connectivity index (χ1) is 13.8. The number of aryl methyl sites for hydroxylation is 2. The van der Waals surface area contributed by atoms with Gasteiger partial charge in [-0.25, -0.2) is 0 Å². The van der Waals surface area contributed by atoms with Crippen molar-refractivity contribution >= 4 is 11.8 Å². The van der Waals surface area contributed by atoms with E-state index in [9.17, 15) is 9.59 Å². The second kappa shape index (κ2) is 10.6. The Hall–Kier alpha value is -2.82. The molecule has 0 aliphatic heterocycles. The van der Waals surface area contributed by atoms with Crippen molar-refractivity contribution in [3.8, 4) is 5.75 Å². The lowest BCUT2D eigenvalue weighted by Crippen LogP contribution is -2.49. The number of methoxy groups -OCH3 is 1. The standard InChI is InChI=1S/C24H32N2O3/c1-17(2)25-24(28)19(4)26(16-21-10-13-22(29-5)14-11-21)23(27)15-12-20-8-6-18(3)7-9-20/h6-11,13-14,17,19H,12,15-16H2,1-5H3,(H,25,28)/t19-/m1/s1. The van der Waals surface area contributed by atoms with Crippen LogP contribution in [0.2, 0.25) is 0 Å². The number of nitrogens with zero attached hydrogens (tertiary/aromatic N) is 1. The summed E-state index contributed by atoms with van der Waals surface area (Å²) < 4.78 is 5.20. The summed E-state index contributed by atoms with van der Waals surface area (Å²) in [6.07, 6.45) is 1.01.